The largest absolute Gasteiger partial charge is 0.483 e. The van der Waals surface area contributed by atoms with Gasteiger partial charge in [-0.25, -0.2) is 0 Å². The molecule has 1 amide bonds. The predicted octanol–water partition coefficient (Wildman–Crippen LogP) is 2.83. The van der Waals surface area contributed by atoms with E-state index < -0.39 is 0 Å². The van der Waals surface area contributed by atoms with Crippen LogP contribution in [0.2, 0.25) is 0 Å². The number of carbonyl (C=O) groups is 1. The molecule has 27 heavy (non-hydrogen) atoms. The van der Waals surface area contributed by atoms with Gasteiger partial charge in [0, 0.05) is 26.2 Å². The lowest BCUT2D eigenvalue weighted by Crippen LogP contribution is -2.35. The van der Waals surface area contributed by atoms with Gasteiger partial charge in [-0.3, -0.25) is 9.69 Å². The Balaban J connectivity index is 1.47. The van der Waals surface area contributed by atoms with Gasteiger partial charge >= 0.3 is 0 Å². The highest BCUT2D eigenvalue weighted by Gasteiger charge is 2.11. The molecule has 0 aliphatic carbocycles. The Labute approximate surface area is 161 Å². The van der Waals surface area contributed by atoms with E-state index in [0.29, 0.717) is 6.54 Å². The van der Waals surface area contributed by atoms with Crippen LogP contribution in [-0.2, 0) is 22.6 Å². The average molecular weight is 368 g/mol. The van der Waals surface area contributed by atoms with E-state index in [-0.39, 0.29) is 12.5 Å². The summed E-state index contributed by atoms with van der Waals surface area (Å²) in [6.07, 6.45) is 0. The Bertz CT molecular complexity index is 770. The lowest BCUT2D eigenvalue weighted by molar-refractivity contribution is -0.123. The first kappa shape index (κ1) is 19.4. The van der Waals surface area contributed by atoms with E-state index in [1.807, 2.05) is 44.2 Å². The van der Waals surface area contributed by atoms with Crippen molar-refractivity contribution in [3.63, 3.8) is 0 Å². The summed E-state index contributed by atoms with van der Waals surface area (Å²) in [5, 5.41) is 2.94. The van der Waals surface area contributed by atoms with Crippen LogP contribution < -0.4 is 10.1 Å². The third kappa shape index (κ3) is 6.08. The van der Waals surface area contributed by atoms with Crippen molar-refractivity contribution >= 4 is 5.91 Å². The van der Waals surface area contributed by atoms with E-state index >= 15 is 0 Å². The van der Waals surface area contributed by atoms with E-state index in [9.17, 15) is 4.79 Å². The number of hydrogen-bond donors (Lipinski definition) is 1. The second kappa shape index (κ2) is 9.53. The summed E-state index contributed by atoms with van der Waals surface area (Å²) < 4.78 is 11.1. The molecule has 0 unspecified atom stereocenters. The third-order valence-corrected chi connectivity index (χ3v) is 4.69. The smallest absolute Gasteiger partial charge is 0.258 e. The zero-order valence-electron chi connectivity index (χ0n) is 16.2. The third-order valence-electron chi connectivity index (χ3n) is 4.69. The van der Waals surface area contributed by atoms with E-state index in [0.717, 1.165) is 55.3 Å². The van der Waals surface area contributed by atoms with Gasteiger partial charge in [0.25, 0.3) is 5.91 Å². The topological polar surface area (TPSA) is 50.8 Å². The molecule has 0 aromatic heterocycles. The molecular formula is C22H28N2O3. The molecule has 1 aliphatic heterocycles. The zero-order chi connectivity index (χ0) is 19.1. The zero-order valence-corrected chi connectivity index (χ0v) is 16.2. The summed E-state index contributed by atoms with van der Waals surface area (Å²) in [6, 6.07) is 14.4. The van der Waals surface area contributed by atoms with Crippen LogP contribution in [0.3, 0.4) is 0 Å². The number of nitrogens with one attached hydrogen (secondary N) is 1. The van der Waals surface area contributed by atoms with Gasteiger partial charge in [0.2, 0.25) is 0 Å². The van der Waals surface area contributed by atoms with Crippen molar-refractivity contribution < 1.29 is 14.3 Å². The molecule has 1 N–H and O–H groups in total. The number of hydrogen-bond acceptors (Lipinski definition) is 4. The van der Waals surface area contributed by atoms with Gasteiger partial charge in [-0.1, -0.05) is 36.4 Å². The van der Waals surface area contributed by atoms with Gasteiger partial charge in [0.15, 0.2) is 6.61 Å². The van der Waals surface area contributed by atoms with Crippen LogP contribution >= 0.6 is 0 Å². The summed E-state index contributed by atoms with van der Waals surface area (Å²) in [5.41, 5.74) is 4.51. The van der Waals surface area contributed by atoms with Gasteiger partial charge in [-0.05, 0) is 42.2 Å². The van der Waals surface area contributed by atoms with Crippen molar-refractivity contribution in [2.24, 2.45) is 0 Å². The number of nitrogens with zero attached hydrogens (tertiary/aromatic N) is 1. The summed E-state index contributed by atoms with van der Waals surface area (Å²) in [6.45, 7) is 8.98. The van der Waals surface area contributed by atoms with Crippen LogP contribution in [0.1, 0.15) is 22.3 Å². The summed E-state index contributed by atoms with van der Waals surface area (Å²) in [4.78, 5) is 14.5. The monoisotopic (exact) mass is 368 g/mol. The van der Waals surface area contributed by atoms with Crippen molar-refractivity contribution in [1.29, 1.82) is 0 Å². The van der Waals surface area contributed by atoms with Crippen molar-refractivity contribution in [2.75, 3.05) is 32.9 Å². The Hall–Kier alpha value is -2.37. The van der Waals surface area contributed by atoms with Crippen molar-refractivity contribution in [3.05, 3.63) is 64.7 Å². The minimum Gasteiger partial charge on any atom is -0.483 e. The van der Waals surface area contributed by atoms with Crippen molar-refractivity contribution in [2.45, 2.75) is 26.9 Å². The normalized spacial score (nSPS) is 14.7. The van der Waals surface area contributed by atoms with E-state index in [4.69, 9.17) is 9.47 Å². The maximum absolute atomic E-state index is 12.1. The Morgan fingerprint density at radius 3 is 2.70 bits per heavy atom. The average Bonchev–Trinajstić information content (AvgIpc) is 2.68. The molecular weight excluding hydrogens is 340 g/mol. The van der Waals surface area contributed by atoms with Crippen LogP contribution in [0, 0.1) is 13.8 Å². The summed E-state index contributed by atoms with van der Waals surface area (Å²) >= 11 is 0. The first-order valence-corrected chi connectivity index (χ1v) is 9.45. The van der Waals surface area contributed by atoms with E-state index in [2.05, 4.69) is 22.3 Å². The molecule has 1 aliphatic rings. The highest BCUT2D eigenvalue weighted by atomic mass is 16.5. The Morgan fingerprint density at radius 1 is 1.11 bits per heavy atom. The second-order valence-corrected chi connectivity index (χ2v) is 7.04. The molecule has 5 nitrogen and oxygen atoms in total. The number of carbonyl (C=O) groups excluding carboxylic acids is 1. The van der Waals surface area contributed by atoms with E-state index in [1.54, 1.807) is 0 Å². The first-order chi connectivity index (χ1) is 13.1. The molecule has 144 valence electrons. The van der Waals surface area contributed by atoms with Crippen molar-refractivity contribution in [1.82, 2.24) is 10.2 Å². The lowest BCUT2D eigenvalue weighted by atomic mass is 10.1. The summed E-state index contributed by atoms with van der Waals surface area (Å²) in [7, 11) is 0. The van der Waals surface area contributed by atoms with Crippen LogP contribution in [-0.4, -0.2) is 43.7 Å². The van der Waals surface area contributed by atoms with Crippen LogP contribution in [0.4, 0.5) is 0 Å². The molecule has 3 rings (SSSR count). The highest BCUT2D eigenvalue weighted by molar-refractivity contribution is 5.77. The van der Waals surface area contributed by atoms with Gasteiger partial charge in [-0.2, -0.15) is 0 Å². The number of morpholine rings is 1. The van der Waals surface area contributed by atoms with Crippen molar-refractivity contribution in [3.8, 4) is 5.75 Å². The Morgan fingerprint density at radius 2 is 1.89 bits per heavy atom. The summed E-state index contributed by atoms with van der Waals surface area (Å²) in [5.74, 6) is 0.646. The molecule has 5 heteroatoms. The number of ether oxygens (including phenoxy) is 2. The number of benzene rings is 2. The van der Waals surface area contributed by atoms with Crippen LogP contribution in [0.5, 0.6) is 5.75 Å². The van der Waals surface area contributed by atoms with Gasteiger partial charge < -0.3 is 14.8 Å². The van der Waals surface area contributed by atoms with Gasteiger partial charge in [0.05, 0.1) is 13.2 Å². The second-order valence-electron chi connectivity index (χ2n) is 7.04. The fourth-order valence-corrected chi connectivity index (χ4v) is 3.11. The Kier molecular flexibility index (Phi) is 6.85. The molecule has 0 bridgehead atoms. The molecule has 0 saturated carbocycles. The molecule has 1 saturated heterocycles. The fourth-order valence-electron chi connectivity index (χ4n) is 3.11. The first-order valence-electron chi connectivity index (χ1n) is 9.45. The highest BCUT2D eigenvalue weighted by Crippen LogP contribution is 2.18. The van der Waals surface area contributed by atoms with Gasteiger partial charge in [-0.15, -0.1) is 0 Å². The fraction of sp³-hybridized carbons (Fsp3) is 0.409. The molecule has 0 atom stereocenters. The standard InChI is InChI=1S/C22H28N2O3/c1-17-6-7-18(2)21(12-17)27-16-22(25)23-14-19-4-3-5-20(13-19)15-24-8-10-26-11-9-24/h3-7,12-13H,8-11,14-16H2,1-2H3,(H,23,25). The maximum Gasteiger partial charge on any atom is 0.258 e. The molecule has 1 fully saturated rings. The predicted molar refractivity (Wildman–Crippen MR) is 106 cm³/mol. The minimum atomic E-state index is -0.116. The number of aryl methyl sites for hydroxylation is 2. The number of rotatable bonds is 7. The quantitative estimate of drug-likeness (QED) is 0.817. The molecule has 2 aromatic rings. The molecule has 0 spiro atoms. The number of amides is 1. The maximum atomic E-state index is 12.1. The molecule has 0 radical (unpaired) electrons. The van der Waals surface area contributed by atoms with Crippen LogP contribution in [0.15, 0.2) is 42.5 Å². The van der Waals surface area contributed by atoms with Gasteiger partial charge in [0.1, 0.15) is 5.75 Å². The lowest BCUT2D eigenvalue weighted by Gasteiger charge is -2.26. The minimum absolute atomic E-state index is 0.0256. The van der Waals surface area contributed by atoms with E-state index in [1.165, 1.54) is 5.56 Å². The molecule has 2 aromatic carbocycles. The van der Waals surface area contributed by atoms with Crippen LogP contribution in [0.25, 0.3) is 0 Å². The SMILES string of the molecule is Cc1ccc(C)c(OCC(=O)NCc2cccc(CN3CCOCC3)c2)c1. The molecule has 1 heterocycles.